The number of hydrogen-bond acceptors (Lipinski definition) is 4. The Balaban J connectivity index is 2.45. The molecule has 1 heterocycles. The van der Waals surface area contributed by atoms with Crippen LogP contribution in [-0.4, -0.2) is 48.4 Å². The molecule has 23 heavy (non-hydrogen) atoms. The second-order valence-electron chi connectivity index (χ2n) is 5.16. The van der Waals surface area contributed by atoms with Crippen LogP contribution in [0.5, 0.6) is 11.5 Å². The van der Waals surface area contributed by atoms with Gasteiger partial charge in [0.2, 0.25) is 0 Å². The Kier molecular flexibility index (Phi) is 6.71. The van der Waals surface area contributed by atoms with Crippen LogP contribution in [0.25, 0.3) is 0 Å². The van der Waals surface area contributed by atoms with Gasteiger partial charge in [-0.3, -0.25) is 0 Å². The summed E-state index contributed by atoms with van der Waals surface area (Å²) in [6, 6.07) is 1.07. The molecule has 0 unspecified atom stereocenters. The average Bonchev–Trinajstić information content (AvgIpc) is 2.50. The maximum absolute atomic E-state index is 12.3. The molecule has 2 N–H and O–H groups in total. The van der Waals surface area contributed by atoms with Gasteiger partial charge in [0, 0.05) is 0 Å². The molecule has 0 atom stereocenters. The third kappa shape index (κ3) is 4.85. The summed E-state index contributed by atoms with van der Waals surface area (Å²) in [6.45, 7) is 0.233. The third-order valence-electron chi connectivity index (χ3n) is 3.40. The zero-order valence-electron chi connectivity index (χ0n) is 12.5. The van der Waals surface area contributed by atoms with Crippen molar-refractivity contribution >= 4 is 43.1 Å². The van der Waals surface area contributed by atoms with E-state index in [1.165, 1.54) is 22.1 Å². The van der Waals surface area contributed by atoms with Crippen LogP contribution >= 0.6 is 11.6 Å². The van der Waals surface area contributed by atoms with Gasteiger partial charge in [0.05, 0.1) is 0 Å². The molecule has 2 rings (SSSR count). The number of fused-ring (bicyclic) bond motifs is 1. The molecule has 1 aromatic rings. The fourth-order valence-corrected chi connectivity index (χ4v) is 3.33. The second-order valence-corrected chi connectivity index (χ2v) is 7.37. The van der Waals surface area contributed by atoms with E-state index in [-0.39, 0.29) is 28.7 Å². The molecular weight excluding hydrogens is 422 g/mol. The molecule has 0 fully saturated rings. The molecule has 0 spiro atoms. The van der Waals surface area contributed by atoms with Crippen molar-refractivity contribution in [3.63, 3.8) is 0 Å². The fraction of sp³-hybridized carbons (Fsp3) is 0.294. The SMILES string of the molecule is O=C1OCC/C=C/CC/C=C/[C](=[Sn])Cc2c(Cl)c(O)cc(O)c21. The van der Waals surface area contributed by atoms with E-state index >= 15 is 0 Å². The first kappa shape index (κ1) is 18.1. The van der Waals surface area contributed by atoms with Gasteiger partial charge < -0.3 is 0 Å². The topological polar surface area (TPSA) is 66.8 Å². The predicted octanol–water partition coefficient (Wildman–Crippen LogP) is 3.09. The number of phenolic OH excluding ortho intramolecular Hbond substituents is 2. The number of esters is 1. The van der Waals surface area contributed by atoms with E-state index in [0.29, 0.717) is 18.4 Å². The number of halogens is 1. The van der Waals surface area contributed by atoms with Gasteiger partial charge in [-0.1, -0.05) is 0 Å². The summed E-state index contributed by atoms with van der Waals surface area (Å²) >= 11 is 7.34. The zero-order chi connectivity index (χ0) is 16.8. The Hall–Kier alpha value is -1.27. The number of hydrogen-bond donors (Lipinski definition) is 2. The molecule has 120 valence electrons. The number of benzene rings is 1. The predicted molar refractivity (Wildman–Crippen MR) is 91.7 cm³/mol. The van der Waals surface area contributed by atoms with Gasteiger partial charge in [0.15, 0.2) is 0 Å². The van der Waals surface area contributed by atoms with Gasteiger partial charge in [-0.05, 0) is 0 Å². The van der Waals surface area contributed by atoms with Crippen LogP contribution in [0.2, 0.25) is 5.02 Å². The van der Waals surface area contributed by atoms with Crippen molar-refractivity contribution in [3.05, 3.63) is 46.5 Å². The first-order chi connectivity index (χ1) is 11.0. The van der Waals surface area contributed by atoms with E-state index < -0.39 is 5.97 Å². The summed E-state index contributed by atoms with van der Waals surface area (Å²) in [6.07, 6.45) is 11.0. The first-order valence-electron chi connectivity index (χ1n) is 7.30. The van der Waals surface area contributed by atoms with Crippen LogP contribution in [-0.2, 0) is 11.2 Å². The number of rotatable bonds is 0. The van der Waals surface area contributed by atoms with E-state index in [1.54, 1.807) is 0 Å². The fourth-order valence-electron chi connectivity index (χ4n) is 2.27. The molecule has 0 amide bonds. The van der Waals surface area contributed by atoms with E-state index in [1.807, 2.05) is 12.2 Å². The second kappa shape index (κ2) is 8.54. The summed E-state index contributed by atoms with van der Waals surface area (Å²) in [5, 5.41) is 20.0. The van der Waals surface area contributed by atoms with E-state index in [2.05, 4.69) is 12.2 Å². The van der Waals surface area contributed by atoms with E-state index in [9.17, 15) is 15.0 Å². The minimum absolute atomic E-state index is 0.0298. The molecule has 0 bridgehead atoms. The van der Waals surface area contributed by atoms with Crippen LogP contribution in [0.15, 0.2) is 30.4 Å². The monoisotopic (exact) mass is 440 g/mol. The Labute approximate surface area is 153 Å². The normalized spacial score (nSPS) is 19.3. The molecule has 2 radical (unpaired) electrons. The van der Waals surface area contributed by atoms with Gasteiger partial charge >= 0.3 is 153 Å². The summed E-state index contributed by atoms with van der Waals surface area (Å²) in [4.78, 5) is 12.3. The summed E-state index contributed by atoms with van der Waals surface area (Å²) < 4.78 is 6.27. The van der Waals surface area contributed by atoms with Gasteiger partial charge in [-0.25, -0.2) is 0 Å². The number of phenols is 2. The number of cyclic esters (lactones) is 1. The van der Waals surface area contributed by atoms with Crippen LogP contribution < -0.4 is 0 Å². The van der Waals surface area contributed by atoms with Crippen LogP contribution in [0.1, 0.15) is 35.2 Å². The number of carbonyl (C=O) groups excluding carboxylic acids is 1. The number of carbonyl (C=O) groups is 1. The first-order valence-corrected chi connectivity index (χ1v) is 9.10. The number of allylic oxidation sites excluding steroid dienone is 3. The van der Waals surface area contributed by atoms with Crippen molar-refractivity contribution < 1.29 is 19.7 Å². The van der Waals surface area contributed by atoms with Crippen molar-refractivity contribution in [2.24, 2.45) is 0 Å². The molecule has 1 aliphatic heterocycles. The van der Waals surface area contributed by atoms with Crippen LogP contribution in [0, 0.1) is 0 Å². The molecule has 0 saturated heterocycles. The zero-order valence-corrected chi connectivity index (χ0v) is 16.1. The van der Waals surface area contributed by atoms with Gasteiger partial charge in [-0.2, -0.15) is 0 Å². The van der Waals surface area contributed by atoms with Crippen molar-refractivity contribution in [2.75, 3.05) is 6.61 Å². The Morgan fingerprint density at radius 2 is 1.78 bits per heavy atom. The quantitative estimate of drug-likeness (QED) is 0.370. The van der Waals surface area contributed by atoms with Crippen molar-refractivity contribution in [1.29, 1.82) is 0 Å². The van der Waals surface area contributed by atoms with Crippen LogP contribution in [0.4, 0.5) is 0 Å². The number of aromatic hydroxyl groups is 2. The van der Waals surface area contributed by atoms with E-state index in [4.69, 9.17) is 16.3 Å². The summed E-state index contributed by atoms with van der Waals surface area (Å²) in [5.74, 6) is -1.19. The van der Waals surface area contributed by atoms with Gasteiger partial charge in [0.25, 0.3) is 0 Å². The minimum atomic E-state index is -0.627. The molecule has 4 nitrogen and oxygen atoms in total. The summed E-state index contributed by atoms with van der Waals surface area (Å²) in [5.41, 5.74) is 0.431. The maximum atomic E-state index is 12.3. The average molecular weight is 439 g/mol. The Morgan fingerprint density at radius 1 is 1.09 bits per heavy atom. The van der Waals surface area contributed by atoms with Gasteiger partial charge in [-0.15, -0.1) is 0 Å². The Bertz CT molecular complexity index is 680. The van der Waals surface area contributed by atoms with E-state index in [0.717, 1.165) is 22.4 Å². The Morgan fingerprint density at radius 3 is 2.57 bits per heavy atom. The standard InChI is InChI=1S/C17H17ClO4.Sn/c18-16-12-9-7-5-3-1-2-4-6-8-10-22-17(21)15(12)13(19)11-14(16)20;/h3-6,11,19-20H,1-2,8-10H2;/b5-3+,6-4+;. The van der Waals surface area contributed by atoms with Gasteiger partial charge in [0.1, 0.15) is 0 Å². The van der Waals surface area contributed by atoms with Crippen molar-refractivity contribution in [1.82, 2.24) is 0 Å². The van der Waals surface area contributed by atoms with Crippen molar-refractivity contribution in [3.8, 4) is 11.5 Å². The van der Waals surface area contributed by atoms with Crippen molar-refractivity contribution in [2.45, 2.75) is 25.7 Å². The molecule has 6 heteroatoms. The number of ether oxygens (including phenoxy) is 1. The third-order valence-corrected chi connectivity index (χ3v) is 4.80. The molecule has 0 aliphatic carbocycles. The molecule has 1 aromatic carbocycles. The molecule has 0 saturated carbocycles. The van der Waals surface area contributed by atoms with Crippen LogP contribution in [0.3, 0.4) is 0 Å². The molecular formula is C17H17ClO4Sn. The molecule has 0 aromatic heterocycles. The summed E-state index contributed by atoms with van der Waals surface area (Å²) in [7, 11) is 0. The molecule has 1 aliphatic rings.